The Hall–Kier alpha value is -1.83. The highest BCUT2D eigenvalue weighted by molar-refractivity contribution is 5.78. The first-order valence-electron chi connectivity index (χ1n) is 7.38. The molecule has 0 amide bonds. The van der Waals surface area contributed by atoms with E-state index in [1.807, 2.05) is 12.1 Å². The molecule has 4 heteroatoms. The van der Waals surface area contributed by atoms with Crippen LogP contribution in [0, 0.1) is 17.8 Å². The lowest BCUT2D eigenvalue weighted by atomic mass is 9.92. The lowest BCUT2D eigenvalue weighted by Gasteiger charge is -2.23. The van der Waals surface area contributed by atoms with Gasteiger partial charge in [-0.1, -0.05) is 25.0 Å². The molecule has 2 unspecified atom stereocenters. The maximum absolute atomic E-state index is 5.74. The number of nitrogens with two attached hydrogens (primary N) is 1. The van der Waals surface area contributed by atoms with Gasteiger partial charge in [0.15, 0.2) is 0 Å². The van der Waals surface area contributed by atoms with Crippen molar-refractivity contribution in [2.45, 2.75) is 32.3 Å². The second-order valence-electron chi connectivity index (χ2n) is 5.23. The summed E-state index contributed by atoms with van der Waals surface area (Å²) >= 11 is 0. The van der Waals surface area contributed by atoms with Crippen LogP contribution >= 0.6 is 0 Å². The van der Waals surface area contributed by atoms with Gasteiger partial charge in [0, 0.05) is 19.1 Å². The number of nitrogens with one attached hydrogen (secondary N) is 1. The van der Waals surface area contributed by atoms with Crippen LogP contribution in [0.2, 0.25) is 0 Å². The fraction of sp³-hybridized carbons (Fsp3) is 0.471. The van der Waals surface area contributed by atoms with Crippen LogP contribution in [0.5, 0.6) is 0 Å². The van der Waals surface area contributed by atoms with Gasteiger partial charge in [-0.2, -0.15) is 0 Å². The summed E-state index contributed by atoms with van der Waals surface area (Å²) in [6.45, 7) is 2.66. The van der Waals surface area contributed by atoms with Crippen molar-refractivity contribution in [1.29, 1.82) is 0 Å². The highest BCUT2D eigenvalue weighted by Gasteiger charge is 2.21. The van der Waals surface area contributed by atoms with Crippen LogP contribution in [0.15, 0.2) is 24.5 Å². The van der Waals surface area contributed by atoms with E-state index in [-0.39, 0.29) is 6.10 Å². The lowest BCUT2D eigenvalue weighted by molar-refractivity contribution is 0.0550. The van der Waals surface area contributed by atoms with Gasteiger partial charge in [-0.25, -0.2) is 4.98 Å². The number of unbranched alkanes of at least 4 members (excludes halogenated alkanes) is 1. The molecule has 0 aliphatic rings. The number of ether oxygens (including phenoxy) is 1. The second-order valence-corrected chi connectivity index (χ2v) is 5.23. The number of hydrogen-bond donors (Lipinski definition) is 2. The average Bonchev–Trinajstić information content (AvgIpc) is 2.97. The van der Waals surface area contributed by atoms with Crippen LogP contribution in [-0.4, -0.2) is 23.6 Å². The van der Waals surface area contributed by atoms with Crippen LogP contribution in [0.25, 0.3) is 11.0 Å². The van der Waals surface area contributed by atoms with E-state index in [0.29, 0.717) is 12.5 Å². The number of H-pyrrole nitrogens is 1. The van der Waals surface area contributed by atoms with Crippen molar-refractivity contribution in [2.75, 3.05) is 13.7 Å². The molecule has 112 valence electrons. The lowest BCUT2D eigenvalue weighted by Crippen LogP contribution is -2.12. The number of nitrogens with zero attached hydrogens (tertiary/aromatic N) is 1. The van der Waals surface area contributed by atoms with Crippen molar-refractivity contribution in [3.63, 3.8) is 0 Å². The Kier molecular flexibility index (Phi) is 5.79. The molecule has 2 rings (SSSR count). The van der Waals surface area contributed by atoms with Crippen LogP contribution in [0.3, 0.4) is 0 Å². The third kappa shape index (κ3) is 3.84. The highest BCUT2D eigenvalue weighted by atomic mass is 16.5. The van der Waals surface area contributed by atoms with E-state index in [1.54, 1.807) is 13.4 Å². The zero-order valence-electron chi connectivity index (χ0n) is 12.7. The van der Waals surface area contributed by atoms with Crippen LogP contribution in [-0.2, 0) is 4.74 Å². The molecule has 3 N–H and O–H groups in total. The van der Waals surface area contributed by atoms with E-state index < -0.39 is 0 Å². The minimum absolute atomic E-state index is 0.0551. The molecule has 0 spiro atoms. The molecule has 0 saturated heterocycles. The average molecular weight is 285 g/mol. The molecule has 1 aromatic carbocycles. The number of aromatic nitrogens is 2. The molecule has 4 nitrogen and oxygen atoms in total. The van der Waals surface area contributed by atoms with Gasteiger partial charge in [0.05, 0.1) is 30.0 Å². The molecule has 0 fully saturated rings. The zero-order chi connectivity index (χ0) is 15.1. The molecule has 1 aromatic heterocycles. The van der Waals surface area contributed by atoms with E-state index in [0.717, 1.165) is 35.9 Å². The standard InChI is InChI=1S/C17H23N3O/c1-13(8-5-3-4-6-11-18)17(21-2)14-9-7-10-15-16(14)20-12-19-15/h7,9-10,12-13,17H,3,5,8,11,18H2,1-2H3,(H,19,20). The number of para-hydroxylation sites is 1. The highest BCUT2D eigenvalue weighted by Crippen LogP contribution is 2.32. The third-order valence-electron chi connectivity index (χ3n) is 3.75. The Morgan fingerprint density at radius 2 is 2.24 bits per heavy atom. The Morgan fingerprint density at radius 1 is 1.38 bits per heavy atom. The quantitative estimate of drug-likeness (QED) is 0.633. The second kappa shape index (κ2) is 7.82. The van der Waals surface area contributed by atoms with Gasteiger partial charge in [-0.15, -0.1) is 5.92 Å². The molecule has 2 aromatic rings. The number of benzene rings is 1. The molecule has 2 atom stereocenters. The Bertz CT molecular complexity index is 623. The van der Waals surface area contributed by atoms with E-state index in [9.17, 15) is 0 Å². The first-order valence-corrected chi connectivity index (χ1v) is 7.38. The number of methoxy groups -OCH3 is 1. The van der Waals surface area contributed by atoms with Crippen LogP contribution in [0.1, 0.15) is 37.9 Å². The predicted octanol–water partition coefficient (Wildman–Crippen LogP) is 3.02. The van der Waals surface area contributed by atoms with Gasteiger partial charge in [-0.05, 0) is 24.8 Å². The molecule has 0 saturated carbocycles. The Labute approximate surface area is 126 Å². The smallest absolute Gasteiger partial charge is 0.0940 e. The number of imidazole rings is 1. The molecule has 1 heterocycles. The van der Waals surface area contributed by atoms with Crippen molar-refractivity contribution in [3.05, 3.63) is 30.1 Å². The predicted molar refractivity (Wildman–Crippen MR) is 85.7 cm³/mol. The normalized spacial score (nSPS) is 13.7. The number of fused-ring (bicyclic) bond motifs is 1. The minimum atomic E-state index is 0.0551. The van der Waals surface area contributed by atoms with Gasteiger partial charge in [0.1, 0.15) is 0 Å². The summed E-state index contributed by atoms with van der Waals surface area (Å²) in [5, 5.41) is 0. The zero-order valence-corrected chi connectivity index (χ0v) is 12.7. The molecular weight excluding hydrogens is 262 g/mol. The van der Waals surface area contributed by atoms with Crippen molar-refractivity contribution in [3.8, 4) is 11.8 Å². The molecule has 0 bridgehead atoms. The monoisotopic (exact) mass is 285 g/mol. The first kappa shape index (κ1) is 15.6. The van der Waals surface area contributed by atoms with Gasteiger partial charge < -0.3 is 15.5 Å². The summed E-state index contributed by atoms with van der Waals surface area (Å²) in [5.41, 5.74) is 8.56. The Morgan fingerprint density at radius 3 is 3.00 bits per heavy atom. The molecule has 0 radical (unpaired) electrons. The van der Waals surface area contributed by atoms with Gasteiger partial charge in [-0.3, -0.25) is 0 Å². The van der Waals surface area contributed by atoms with E-state index in [4.69, 9.17) is 10.5 Å². The van der Waals surface area contributed by atoms with Gasteiger partial charge in [0.2, 0.25) is 0 Å². The molecular formula is C17H23N3O. The summed E-state index contributed by atoms with van der Waals surface area (Å²) in [6, 6.07) is 6.18. The molecule has 0 aliphatic carbocycles. The fourth-order valence-corrected chi connectivity index (χ4v) is 2.71. The third-order valence-corrected chi connectivity index (χ3v) is 3.75. The summed E-state index contributed by atoms with van der Waals surface area (Å²) in [7, 11) is 1.76. The first-order chi connectivity index (χ1) is 10.3. The summed E-state index contributed by atoms with van der Waals surface area (Å²) in [4.78, 5) is 7.57. The van der Waals surface area contributed by atoms with Crippen molar-refractivity contribution < 1.29 is 4.74 Å². The van der Waals surface area contributed by atoms with E-state index in [2.05, 4.69) is 34.8 Å². The fourth-order valence-electron chi connectivity index (χ4n) is 2.71. The van der Waals surface area contributed by atoms with Crippen LogP contribution < -0.4 is 5.73 Å². The summed E-state index contributed by atoms with van der Waals surface area (Å²) < 4.78 is 5.74. The molecule has 0 aliphatic heterocycles. The van der Waals surface area contributed by atoms with Crippen molar-refractivity contribution >= 4 is 11.0 Å². The minimum Gasteiger partial charge on any atom is -0.376 e. The van der Waals surface area contributed by atoms with Crippen LogP contribution in [0.4, 0.5) is 0 Å². The maximum Gasteiger partial charge on any atom is 0.0940 e. The molecule has 21 heavy (non-hydrogen) atoms. The summed E-state index contributed by atoms with van der Waals surface area (Å²) in [5.74, 6) is 6.39. The topological polar surface area (TPSA) is 63.9 Å². The number of hydrogen-bond acceptors (Lipinski definition) is 3. The van der Waals surface area contributed by atoms with Gasteiger partial charge in [0.25, 0.3) is 0 Å². The largest absolute Gasteiger partial charge is 0.376 e. The van der Waals surface area contributed by atoms with E-state index in [1.165, 1.54) is 0 Å². The SMILES string of the molecule is COC(c1cccc2[nH]cnc12)C(C)CCCC#CCN. The Balaban J connectivity index is 2.06. The maximum atomic E-state index is 5.74. The van der Waals surface area contributed by atoms with Gasteiger partial charge >= 0.3 is 0 Å². The van der Waals surface area contributed by atoms with Crippen molar-refractivity contribution in [2.24, 2.45) is 11.7 Å². The number of rotatable bonds is 6. The van der Waals surface area contributed by atoms with E-state index >= 15 is 0 Å². The van der Waals surface area contributed by atoms with Crippen molar-refractivity contribution in [1.82, 2.24) is 9.97 Å². The number of aromatic amines is 1. The summed E-state index contributed by atoms with van der Waals surface area (Å²) in [6.07, 6.45) is 4.81.